The molecule has 8 heavy (non-hydrogen) atoms. The Balaban J connectivity index is 3.67. The second-order valence-corrected chi connectivity index (χ2v) is 1.13. The first-order valence-electron chi connectivity index (χ1n) is 1.88. The molecule has 0 amide bonds. The summed E-state index contributed by atoms with van der Waals surface area (Å²) in [6.45, 7) is 0. The summed E-state index contributed by atoms with van der Waals surface area (Å²) < 4.78 is 0. The lowest BCUT2D eigenvalue weighted by atomic mass is 10.5. The summed E-state index contributed by atoms with van der Waals surface area (Å²) in [5, 5.41) is 14.4. The number of carbonyl (C=O) groups is 1. The molecule has 0 rings (SSSR count). The van der Waals surface area contributed by atoms with Crippen LogP contribution in [0.2, 0.25) is 0 Å². The maximum Gasteiger partial charge on any atom is 0.328 e. The second kappa shape index (κ2) is 2.79. The molecule has 0 spiro atoms. The van der Waals surface area contributed by atoms with Gasteiger partial charge in [-0.2, -0.15) is 0 Å². The Kier molecular flexibility index (Phi) is 2.33. The Morgan fingerprint density at radius 1 is 1.62 bits per heavy atom. The monoisotopic (exact) mass is 114 g/mol. The lowest BCUT2D eigenvalue weighted by Gasteiger charge is -1.78. The number of rotatable bonds is 2. The van der Waals surface area contributed by atoms with Gasteiger partial charge in [-0.15, -0.1) is 0 Å². The molecule has 0 heterocycles. The van der Waals surface area contributed by atoms with E-state index in [4.69, 9.17) is 16.2 Å². The molecule has 0 atom stereocenters. The summed E-state index contributed by atoms with van der Waals surface area (Å²) in [4.78, 5) is 9.66. The quantitative estimate of drug-likeness (QED) is 0.258. The topological polar surface area (TPSA) is 87.2 Å². The minimum atomic E-state index is -1.10. The summed E-state index contributed by atoms with van der Waals surface area (Å²) >= 11 is 0. The van der Waals surface area contributed by atoms with Crippen molar-refractivity contribution in [2.75, 3.05) is 0 Å². The van der Waals surface area contributed by atoms with Crippen LogP contribution >= 0.6 is 0 Å². The molecule has 44 valence electrons. The highest BCUT2D eigenvalue weighted by Crippen LogP contribution is 1.68. The molecule has 0 aliphatic carbocycles. The number of aliphatic carboxylic acids is 1. The van der Waals surface area contributed by atoms with Crippen LogP contribution in [0, 0.1) is 5.41 Å². The van der Waals surface area contributed by atoms with Gasteiger partial charge in [0.15, 0.2) is 0 Å². The molecule has 0 fully saturated rings. The third-order valence-electron chi connectivity index (χ3n) is 0.405. The molecule has 0 saturated carbocycles. The minimum Gasteiger partial charge on any atom is -0.478 e. The lowest BCUT2D eigenvalue weighted by molar-refractivity contribution is -0.131. The highest BCUT2D eigenvalue weighted by molar-refractivity contribution is 5.94. The van der Waals surface area contributed by atoms with Gasteiger partial charge in [0.25, 0.3) is 0 Å². The Labute approximate surface area is 46.1 Å². The van der Waals surface area contributed by atoms with Gasteiger partial charge in [0, 0.05) is 6.08 Å². The summed E-state index contributed by atoms with van der Waals surface area (Å²) in [6, 6.07) is 0. The first-order valence-corrected chi connectivity index (χ1v) is 1.88. The van der Waals surface area contributed by atoms with Crippen LogP contribution in [-0.2, 0) is 4.79 Å². The lowest BCUT2D eigenvalue weighted by Crippen LogP contribution is -2.05. The Morgan fingerprint density at radius 2 is 2.12 bits per heavy atom. The van der Waals surface area contributed by atoms with E-state index in [0.717, 1.165) is 12.2 Å². The van der Waals surface area contributed by atoms with Crippen molar-refractivity contribution in [1.29, 1.82) is 5.41 Å². The van der Waals surface area contributed by atoms with E-state index in [1.54, 1.807) is 0 Å². The molecular weight excluding hydrogens is 108 g/mol. The molecule has 4 heteroatoms. The van der Waals surface area contributed by atoms with E-state index in [0.29, 0.717) is 0 Å². The molecule has 0 aromatic rings. The molecule has 0 aliphatic heterocycles. The normalized spacial score (nSPS) is 9.50. The van der Waals surface area contributed by atoms with Gasteiger partial charge in [0.05, 0.1) is 0 Å². The molecule has 0 unspecified atom stereocenters. The largest absolute Gasteiger partial charge is 0.478 e. The maximum absolute atomic E-state index is 9.66. The van der Waals surface area contributed by atoms with E-state index in [-0.39, 0.29) is 5.84 Å². The molecule has 0 radical (unpaired) electrons. The van der Waals surface area contributed by atoms with Crippen LogP contribution in [0.1, 0.15) is 0 Å². The second-order valence-electron chi connectivity index (χ2n) is 1.13. The summed E-state index contributed by atoms with van der Waals surface area (Å²) in [5.41, 5.74) is 4.77. The van der Waals surface area contributed by atoms with E-state index in [1.807, 2.05) is 0 Å². The molecule has 0 aromatic carbocycles. The number of hydrogen-bond acceptors (Lipinski definition) is 2. The van der Waals surface area contributed by atoms with Crippen molar-refractivity contribution >= 4 is 11.8 Å². The number of hydrogen-bond donors (Lipinski definition) is 3. The van der Waals surface area contributed by atoms with Gasteiger partial charge in [-0.1, -0.05) is 0 Å². The van der Waals surface area contributed by atoms with Crippen LogP contribution in [-0.4, -0.2) is 16.9 Å². The van der Waals surface area contributed by atoms with Crippen molar-refractivity contribution in [3.8, 4) is 0 Å². The highest BCUT2D eigenvalue weighted by atomic mass is 16.4. The number of nitrogens with one attached hydrogen (secondary N) is 1. The zero-order valence-corrected chi connectivity index (χ0v) is 4.09. The van der Waals surface area contributed by atoms with E-state index in [1.165, 1.54) is 0 Å². The summed E-state index contributed by atoms with van der Waals surface area (Å²) in [7, 11) is 0. The van der Waals surface area contributed by atoms with Gasteiger partial charge < -0.3 is 10.8 Å². The van der Waals surface area contributed by atoms with Gasteiger partial charge in [-0.3, -0.25) is 5.41 Å². The average Bonchev–Trinajstić information content (AvgIpc) is 1.61. The van der Waals surface area contributed by atoms with E-state index >= 15 is 0 Å². The van der Waals surface area contributed by atoms with E-state index in [9.17, 15) is 4.79 Å². The minimum absolute atomic E-state index is 0.257. The summed E-state index contributed by atoms with van der Waals surface area (Å²) in [5.74, 6) is -1.35. The van der Waals surface area contributed by atoms with Crippen molar-refractivity contribution in [2.24, 2.45) is 5.73 Å². The molecule has 4 N–H and O–H groups in total. The first-order chi connectivity index (χ1) is 3.63. The fourth-order valence-corrected chi connectivity index (χ4v) is 0.161. The predicted molar refractivity (Wildman–Crippen MR) is 28.7 cm³/mol. The molecule has 0 aliphatic rings. The molecule has 4 nitrogen and oxygen atoms in total. The van der Waals surface area contributed by atoms with Gasteiger partial charge in [-0.05, 0) is 6.08 Å². The van der Waals surface area contributed by atoms with Gasteiger partial charge in [-0.25, -0.2) is 4.79 Å². The number of carboxylic acid groups (broad SMARTS) is 1. The third kappa shape index (κ3) is 4.68. The van der Waals surface area contributed by atoms with Crippen LogP contribution in [0.5, 0.6) is 0 Å². The Bertz CT molecular complexity index is 123. The Hall–Kier alpha value is -1.32. The van der Waals surface area contributed by atoms with Crippen LogP contribution < -0.4 is 5.73 Å². The van der Waals surface area contributed by atoms with Gasteiger partial charge in [0.2, 0.25) is 0 Å². The number of nitrogens with two attached hydrogens (primary N) is 1. The van der Waals surface area contributed by atoms with Crippen LogP contribution in [0.25, 0.3) is 0 Å². The van der Waals surface area contributed by atoms with Crippen molar-refractivity contribution in [3.05, 3.63) is 12.2 Å². The first kappa shape index (κ1) is 6.68. The van der Waals surface area contributed by atoms with Crippen molar-refractivity contribution in [2.45, 2.75) is 0 Å². The highest BCUT2D eigenvalue weighted by Gasteiger charge is 1.83. The van der Waals surface area contributed by atoms with Crippen LogP contribution in [0.3, 0.4) is 0 Å². The zero-order chi connectivity index (χ0) is 6.57. The van der Waals surface area contributed by atoms with Crippen molar-refractivity contribution < 1.29 is 9.90 Å². The van der Waals surface area contributed by atoms with E-state index < -0.39 is 5.97 Å². The van der Waals surface area contributed by atoms with Crippen molar-refractivity contribution in [1.82, 2.24) is 0 Å². The fraction of sp³-hybridized carbons (Fsp3) is 0. The average molecular weight is 114 g/mol. The SMILES string of the molecule is N=C(N)/C=C\C(=O)O. The smallest absolute Gasteiger partial charge is 0.328 e. The Morgan fingerprint density at radius 3 is 2.25 bits per heavy atom. The van der Waals surface area contributed by atoms with Crippen molar-refractivity contribution in [3.63, 3.8) is 0 Å². The van der Waals surface area contributed by atoms with Crippen LogP contribution in [0.15, 0.2) is 12.2 Å². The molecule has 0 saturated heterocycles. The fourth-order valence-electron chi connectivity index (χ4n) is 0.161. The molecule has 0 aromatic heterocycles. The van der Waals surface area contributed by atoms with Gasteiger partial charge in [0.1, 0.15) is 5.84 Å². The molecular formula is C4H6N2O2. The maximum atomic E-state index is 9.66. The standard InChI is InChI=1S/C4H6N2O2/c5-3(6)1-2-4(7)8/h1-2H,(H3,5,6)(H,7,8)/b2-1-. The number of amidine groups is 1. The molecule has 0 bridgehead atoms. The van der Waals surface area contributed by atoms with Gasteiger partial charge >= 0.3 is 5.97 Å². The van der Waals surface area contributed by atoms with E-state index in [2.05, 4.69) is 0 Å². The zero-order valence-electron chi connectivity index (χ0n) is 4.09. The van der Waals surface area contributed by atoms with Crippen LogP contribution in [0.4, 0.5) is 0 Å². The third-order valence-corrected chi connectivity index (χ3v) is 0.405. The summed E-state index contributed by atoms with van der Waals surface area (Å²) in [6.07, 6.45) is 1.81. The predicted octanol–water partition coefficient (Wildman–Crippen LogP) is -0.437. The number of carboxylic acids is 1.